The summed E-state index contributed by atoms with van der Waals surface area (Å²) in [6.45, 7) is 2.70. The predicted molar refractivity (Wildman–Crippen MR) is 67.6 cm³/mol. The SMILES string of the molecule is Cc1sc(NC(=N)N)nc1CSCCN. The molecule has 0 aromatic carbocycles. The number of nitrogens with two attached hydrogens (primary N) is 2. The number of rotatable bonds is 5. The quantitative estimate of drug-likeness (QED) is 0.351. The summed E-state index contributed by atoms with van der Waals surface area (Å²) in [5.41, 5.74) is 11.7. The maximum atomic E-state index is 7.09. The van der Waals surface area contributed by atoms with Crippen LogP contribution in [0.5, 0.6) is 0 Å². The van der Waals surface area contributed by atoms with Crippen molar-refractivity contribution in [3.8, 4) is 0 Å². The summed E-state index contributed by atoms with van der Waals surface area (Å²) in [5.74, 6) is 1.72. The third-order valence-electron chi connectivity index (χ3n) is 1.64. The number of guanidine groups is 1. The van der Waals surface area contributed by atoms with E-state index in [0.717, 1.165) is 22.1 Å². The van der Waals surface area contributed by atoms with E-state index < -0.39 is 0 Å². The molecule has 0 radical (unpaired) electrons. The van der Waals surface area contributed by atoms with Gasteiger partial charge >= 0.3 is 0 Å². The highest BCUT2D eigenvalue weighted by Gasteiger charge is 2.07. The second-order valence-corrected chi connectivity index (χ2v) is 5.21. The number of aromatic nitrogens is 1. The van der Waals surface area contributed by atoms with Crippen LogP contribution in [0.4, 0.5) is 5.13 Å². The van der Waals surface area contributed by atoms with Crippen molar-refractivity contribution in [1.29, 1.82) is 5.41 Å². The van der Waals surface area contributed by atoms with E-state index in [9.17, 15) is 0 Å². The fraction of sp³-hybridized carbons (Fsp3) is 0.500. The Balaban J connectivity index is 2.56. The van der Waals surface area contributed by atoms with Crippen LogP contribution in [0.3, 0.4) is 0 Å². The van der Waals surface area contributed by atoms with Gasteiger partial charge in [0.05, 0.1) is 5.69 Å². The largest absolute Gasteiger partial charge is 0.370 e. The molecule has 1 aromatic rings. The lowest BCUT2D eigenvalue weighted by Crippen LogP contribution is -2.20. The number of aryl methyl sites for hydroxylation is 1. The molecule has 0 saturated heterocycles. The number of hydrogen-bond donors (Lipinski definition) is 4. The molecule has 6 N–H and O–H groups in total. The Labute approximate surface area is 97.2 Å². The van der Waals surface area contributed by atoms with Crippen LogP contribution in [-0.2, 0) is 5.75 Å². The third-order valence-corrected chi connectivity index (χ3v) is 3.57. The highest BCUT2D eigenvalue weighted by molar-refractivity contribution is 7.98. The van der Waals surface area contributed by atoms with Gasteiger partial charge < -0.3 is 16.8 Å². The van der Waals surface area contributed by atoms with Crippen LogP contribution >= 0.6 is 23.1 Å². The summed E-state index contributed by atoms with van der Waals surface area (Å²) in [6, 6.07) is 0. The maximum Gasteiger partial charge on any atom is 0.192 e. The van der Waals surface area contributed by atoms with Crippen LogP contribution < -0.4 is 16.8 Å². The Morgan fingerprint density at radius 3 is 3.00 bits per heavy atom. The van der Waals surface area contributed by atoms with Crippen molar-refractivity contribution in [3.63, 3.8) is 0 Å². The molecule has 0 spiro atoms. The first-order chi connectivity index (χ1) is 7.13. The molecule has 0 atom stereocenters. The molecule has 1 heterocycles. The number of thiazole rings is 1. The Morgan fingerprint density at radius 2 is 2.40 bits per heavy atom. The lowest BCUT2D eigenvalue weighted by atomic mass is 10.4. The van der Waals surface area contributed by atoms with Crippen LogP contribution in [0.15, 0.2) is 0 Å². The molecule has 0 amide bonds. The van der Waals surface area contributed by atoms with Gasteiger partial charge in [0, 0.05) is 22.9 Å². The van der Waals surface area contributed by atoms with E-state index in [-0.39, 0.29) is 5.96 Å². The second kappa shape index (κ2) is 5.94. The number of nitrogens with zero attached hydrogens (tertiary/aromatic N) is 1. The van der Waals surface area contributed by atoms with Gasteiger partial charge in [-0.3, -0.25) is 5.41 Å². The van der Waals surface area contributed by atoms with Crippen LogP contribution in [0.2, 0.25) is 0 Å². The average Bonchev–Trinajstić information content (AvgIpc) is 2.46. The van der Waals surface area contributed by atoms with Crippen LogP contribution in [0.1, 0.15) is 10.6 Å². The molecule has 0 aliphatic carbocycles. The normalized spacial score (nSPS) is 10.3. The molecule has 0 fully saturated rings. The smallest absolute Gasteiger partial charge is 0.192 e. The summed E-state index contributed by atoms with van der Waals surface area (Å²) in [4.78, 5) is 5.50. The molecule has 0 bridgehead atoms. The van der Waals surface area contributed by atoms with Gasteiger partial charge in [0.25, 0.3) is 0 Å². The van der Waals surface area contributed by atoms with E-state index in [0.29, 0.717) is 11.7 Å². The Hall–Kier alpha value is -0.790. The number of anilines is 1. The van der Waals surface area contributed by atoms with Crippen molar-refractivity contribution in [2.24, 2.45) is 11.5 Å². The zero-order valence-corrected chi connectivity index (χ0v) is 10.2. The lowest BCUT2D eigenvalue weighted by Gasteiger charge is -1.97. The molecule has 0 aliphatic heterocycles. The standard InChI is InChI=1S/C8H15N5S2/c1-5-6(4-14-3-2-9)12-8(15-5)13-7(10)11/h2-4,9H2,1H3,(H4,10,11,12,13). The Morgan fingerprint density at radius 1 is 1.67 bits per heavy atom. The molecule has 1 aromatic heterocycles. The molecular formula is C8H15N5S2. The van der Waals surface area contributed by atoms with Crippen LogP contribution in [0.25, 0.3) is 0 Å². The predicted octanol–water partition coefficient (Wildman–Crippen LogP) is 0.949. The molecule has 0 aliphatic rings. The molecular weight excluding hydrogens is 230 g/mol. The van der Waals surface area contributed by atoms with E-state index in [4.69, 9.17) is 16.9 Å². The fourth-order valence-electron chi connectivity index (χ4n) is 0.983. The van der Waals surface area contributed by atoms with E-state index in [2.05, 4.69) is 10.3 Å². The first-order valence-electron chi connectivity index (χ1n) is 4.48. The van der Waals surface area contributed by atoms with Crippen molar-refractivity contribution >= 4 is 34.2 Å². The molecule has 5 nitrogen and oxygen atoms in total. The highest BCUT2D eigenvalue weighted by atomic mass is 32.2. The van der Waals surface area contributed by atoms with Gasteiger partial charge in [-0.05, 0) is 6.92 Å². The summed E-state index contributed by atoms with van der Waals surface area (Å²) in [5, 5.41) is 10.5. The summed E-state index contributed by atoms with van der Waals surface area (Å²) in [7, 11) is 0. The molecule has 84 valence electrons. The van der Waals surface area contributed by atoms with Crippen molar-refractivity contribution in [1.82, 2.24) is 4.98 Å². The molecule has 15 heavy (non-hydrogen) atoms. The highest BCUT2D eigenvalue weighted by Crippen LogP contribution is 2.24. The van der Waals surface area contributed by atoms with Crippen molar-refractivity contribution in [3.05, 3.63) is 10.6 Å². The maximum absolute atomic E-state index is 7.09. The van der Waals surface area contributed by atoms with E-state index in [1.54, 1.807) is 11.8 Å². The summed E-state index contributed by atoms with van der Waals surface area (Å²) >= 11 is 3.27. The minimum Gasteiger partial charge on any atom is -0.370 e. The van der Waals surface area contributed by atoms with Gasteiger partial charge in [0.1, 0.15) is 0 Å². The molecule has 1 rings (SSSR count). The van der Waals surface area contributed by atoms with Gasteiger partial charge in [0.15, 0.2) is 11.1 Å². The Bertz CT molecular complexity index is 336. The van der Waals surface area contributed by atoms with Gasteiger partial charge in [-0.1, -0.05) is 0 Å². The van der Waals surface area contributed by atoms with Gasteiger partial charge in [0.2, 0.25) is 0 Å². The first-order valence-corrected chi connectivity index (χ1v) is 6.45. The van der Waals surface area contributed by atoms with Crippen molar-refractivity contribution < 1.29 is 0 Å². The van der Waals surface area contributed by atoms with Gasteiger partial charge in [-0.2, -0.15) is 11.8 Å². The van der Waals surface area contributed by atoms with Crippen LogP contribution in [0, 0.1) is 12.3 Å². The molecule has 0 saturated carbocycles. The van der Waals surface area contributed by atoms with E-state index in [1.165, 1.54) is 11.3 Å². The zero-order chi connectivity index (χ0) is 11.3. The molecule has 0 unspecified atom stereocenters. The zero-order valence-electron chi connectivity index (χ0n) is 8.54. The monoisotopic (exact) mass is 245 g/mol. The second-order valence-electron chi connectivity index (χ2n) is 2.90. The average molecular weight is 245 g/mol. The number of nitrogens with one attached hydrogen (secondary N) is 2. The van der Waals surface area contributed by atoms with Crippen molar-refractivity contribution in [2.75, 3.05) is 17.6 Å². The molecule has 7 heteroatoms. The number of hydrogen-bond acceptors (Lipinski definition) is 5. The minimum atomic E-state index is -0.0788. The van der Waals surface area contributed by atoms with Crippen LogP contribution in [-0.4, -0.2) is 23.2 Å². The van der Waals surface area contributed by atoms with E-state index in [1.807, 2.05) is 6.92 Å². The van der Waals surface area contributed by atoms with Crippen molar-refractivity contribution in [2.45, 2.75) is 12.7 Å². The van der Waals surface area contributed by atoms with Gasteiger partial charge in [-0.25, -0.2) is 4.98 Å². The van der Waals surface area contributed by atoms with Gasteiger partial charge in [-0.15, -0.1) is 11.3 Å². The summed E-state index contributed by atoms with van der Waals surface area (Å²) in [6.07, 6.45) is 0. The Kier molecular flexibility index (Phi) is 4.86. The van der Waals surface area contributed by atoms with E-state index >= 15 is 0 Å². The third kappa shape index (κ3) is 4.06. The number of thioether (sulfide) groups is 1. The first kappa shape index (κ1) is 12.3. The topological polar surface area (TPSA) is 101 Å². The summed E-state index contributed by atoms with van der Waals surface area (Å²) < 4.78 is 0. The minimum absolute atomic E-state index is 0.0788. The lowest BCUT2D eigenvalue weighted by molar-refractivity contribution is 1.14. The fourth-order valence-corrected chi connectivity index (χ4v) is 2.70.